The zero-order valence-corrected chi connectivity index (χ0v) is 15.6. The molecule has 0 fully saturated rings. The van der Waals surface area contributed by atoms with Crippen molar-refractivity contribution in [1.29, 1.82) is 0 Å². The van der Waals surface area contributed by atoms with Crippen LogP contribution in [0.15, 0.2) is 40.8 Å². The number of fused-ring (bicyclic) bond motifs is 1. The van der Waals surface area contributed by atoms with Gasteiger partial charge in [-0.2, -0.15) is 0 Å². The minimum absolute atomic E-state index is 0.0395. The number of carbonyl (C=O) groups is 2. The van der Waals surface area contributed by atoms with Crippen molar-refractivity contribution in [1.82, 2.24) is 0 Å². The predicted molar refractivity (Wildman–Crippen MR) is 100 cm³/mol. The molecule has 3 aromatic rings. The number of carbonyl (C=O) groups excluding carboxylic acids is 2. The molecule has 2 aromatic carbocycles. The summed E-state index contributed by atoms with van der Waals surface area (Å²) in [5.74, 6) is -1.68. The molecule has 0 bridgehead atoms. The molecule has 0 saturated carbocycles. The molecule has 0 aliphatic carbocycles. The van der Waals surface area contributed by atoms with Gasteiger partial charge in [-0.3, -0.25) is 4.79 Å². The first-order chi connectivity index (χ1) is 12.8. The van der Waals surface area contributed by atoms with E-state index in [0.717, 1.165) is 11.1 Å². The molecule has 0 aliphatic heterocycles. The van der Waals surface area contributed by atoms with Gasteiger partial charge < -0.3 is 14.5 Å². The van der Waals surface area contributed by atoms with Crippen LogP contribution in [0.2, 0.25) is 0 Å². The lowest BCUT2D eigenvalue weighted by molar-refractivity contribution is -0.123. The van der Waals surface area contributed by atoms with E-state index in [1.807, 2.05) is 32.0 Å². The summed E-state index contributed by atoms with van der Waals surface area (Å²) >= 11 is 0. The number of rotatable bonds is 4. The van der Waals surface area contributed by atoms with Crippen LogP contribution in [0.3, 0.4) is 0 Å². The van der Waals surface area contributed by atoms with Gasteiger partial charge in [0.05, 0.1) is 0 Å². The minimum Gasteiger partial charge on any atom is -0.449 e. The number of para-hydroxylation sites is 1. The van der Waals surface area contributed by atoms with Crippen molar-refractivity contribution in [2.24, 2.45) is 0 Å². The van der Waals surface area contributed by atoms with E-state index in [1.54, 1.807) is 6.92 Å². The molecule has 0 spiro atoms. The SMILES string of the molecule is Cc1cccc(C)c1NC(=O)[C@H](C)OC(=O)c1oc2ccc(F)cc2c1C. The summed E-state index contributed by atoms with van der Waals surface area (Å²) in [6, 6.07) is 9.66. The van der Waals surface area contributed by atoms with Gasteiger partial charge in [-0.25, -0.2) is 9.18 Å². The molecule has 0 saturated heterocycles. The van der Waals surface area contributed by atoms with E-state index in [4.69, 9.17) is 9.15 Å². The lowest BCUT2D eigenvalue weighted by atomic mass is 10.1. The van der Waals surface area contributed by atoms with Crippen LogP contribution in [0, 0.1) is 26.6 Å². The monoisotopic (exact) mass is 369 g/mol. The molecule has 1 amide bonds. The number of furan rings is 1. The number of hydrogen-bond donors (Lipinski definition) is 1. The van der Waals surface area contributed by atoms with Crippen LogP contribution in [0.5, 0.6) is 0 Å². The third-order valence-corrected chi connectivity index (χ3v) is 4.47. The Morgan fingerprint density at radius 2 is 1.78 bits per heavy atom. The highest BCUT2D eigenvalue weighted by molar-refractivity contribution is 5.99. The smallest absolute Gasteiger partial charge is 0.375 e. The molecular weight excluding hydrogens is 349 g/mol. The lowest BCUT2D eigenvalue weighted by Gasteiger charge is -2.15. The van der Waals surface area contributed by atoms with Crippen molar-refractivity contribution in [2.75, 3.05) is 5.32 Å². The second-order valence-corrected chi connectivity index (χ2v) is 6.50. The number of ether oxygens (including phenoxy) is 1. The second kappa shape index (κ2) is 7.23. The molecule has 0 unspecified atom stereocenters. The van der Waals surface area contributed by atoms with E-state index >= 15 is 0 Å². The van der Waals surface area contributed by atoms with Gasteiger partial charge in [-0.1, -0.05) is 18.2 Å². The molecule has 1 aromatic heterocycles. The Hall–Kier alpha value is -3.15. The van der Waals surface area contributed by atoms with Crippen molar-refractivity contribution in [3.8, 4) is 0 Å². The second-order valence-electron chi connectivity index (χ2n) is 6.50. The summed E-state index contributed by atoms with van der Waals surface area (Å²) in [7, 11) is 0. The number of benzene rings is 2. The number of aryl methyl sites for hydroxylation is 3. The first-order valence-electron chi connectivity index (χ1n) is 8.54. The fraction of sp³-hybridized carbons (Fsp3) is 0.238. The normalized spacial score (nSPS) is 12.0. The number of esters is 1. The number of nitrogens with one attached hydrogen (secondary N) is 1. The van der Waals surface area contributed by atoms with E-state index in [1.165, 1.54) is 25.1 Å². The quantitative estimate of drug-likeness (QED) is 0.678. The van der Waals surface area contributed by atoms with Crippen LogP contribution in [0.25, 0.3) is 11.0 Å². The summed E-state index contributed by atoms with van der Waals surface area (Å²) in [6.07, 6.45) is -1.03. The molecule has 1 atom stereocenters. The summed E-state index contributed by atoms with van der Waals surface area (Å²) in [5, 5.41) is 3.28. The maximum atomic E-state index is 13.4. The van der Waals surface area contributed by atoms with Gasteiger partial charge >= 0.3 is 5.97 Å². The van der Waals surface area contributed by atoms with Gasteiger partial charge in [-0.05, 0) is 57.0 Å². The molecule has 1 N–H and O–H groups in total. The van der Waals surface area contributed by atoms with Crippen molar-refractivity contribution in [3.63, 3.8) is 0 Å². The topological polar surface area (TPSA) is 68.5 Å². The van der Waals surface area contributed by atoms with Crippen LogP contribution >= 0.6 is 0 Å². The third-order valence-electron chi connectivity index (χ3n) is 4.47. The van der Waals surface area contributed by atoms with Crippen LogP contribution in [-0.4, -0.2) is 18.0 Å². The van der Waals surface area contributed by atoms with Crippen LogP contribution < -0.4 is 5.32 Å². The number of anilines is 1. The van der Waals surface area contributed by atoms with Gasteiger partial charge in [0.1, 0.15) is 11.4 Å². The molecule has 3 rings (SSSR count). The average Bonchev–Trinajstić information content (AvgIpc) is 2.94. The lowest BCUT2D eigenvalue weighted by Crippen LogP contribution is -2.30. The molecule has 0 aliphatic rings. The van der Waals surface area contributed by atoms with Gasteiger partial charge in [0.2, 0.25) is 5.76 Å². The fourth-order valence-electron chi connectivity index (χ4n) is 2.89. The summed E-state index contributed by atoms with van der Waals surface area (Å²) in [4.78, 5) is 24.8. The van der Waals surface area contributed by atoms with Crippen molar-refractivity contribution >= 4 is 28.5 Å². The highest BCUT2D eigenvalue weighted by Gasteiger charge is 2.25. The standard InChI is InChI=1S/C21H20FNO4/c1-11-6-5-7-12(2)18(11)23-20(24)14(4)26-21(25)19-13(3)16-10-15(22)8-9-17(16)27-19/h5-10,14H,1-4H3,(H,23,24)/t14-/m0/s1. The Kier molecular flexibility index (Phi) is 4.99. The van der Waals surface area contributed by atoms with E-state index in [2.05, 4.69) is 5.32 Å². The van der Waals surface area contributed by atoms with Gasteiger partial charge in [-0.15, -0.1) is 0 Å². The van der Waals surface area contributed by atoms with Crippen LogP contribution in [0.4, 0.5) is 10.1 Å². The first kappa shape index (κ1) is 18.6. The largest absolute Gasteiger partial charge is 0.449 e. The van der Waals surface area contributed by atoms with Gasteiger partial charge in [0.15, 0.2) is 6.10 Å². The summed E-state index contributed by atoms with van der Waals surface area (Å²) in [5.41, 5.74) is 3.38. The minimum atomic E-state index is -1.03. The fourth-order valence-corrected chi connectivity index (χ4v) is 2.89. The van der Waals surface area contributed by atoms with E-state index in [9.17, 15) is 14.0 Å². The molecule has 27 heavy (non-hydrogen) atoms. The molecule has 5 nitrogen and oxygen atoms in total. The Balaban J connectivity index is 1.76. The maximum Gasteiger partial charge on any atom is 0.375 e. The zero-order valence-electron chi connectivity index (χ0n) is 15.6. The summed E-state index contributed by atoms with van der Waals surface area (Å²) < 4.78 is 24.1. The van der Waals surface area contributed by atoms with Crippen molar-refractivity contribution < 1.29 is 23.1 Å². The first-order valence-corrected chi connectivity index (χ1v) is 8.54. The highest BCUT2D eigenvalue weighted by Crippen LogP contribution is 2.27. The third kappa shape index (κ3) is 3.69. The molecule has 6 heteroatoms. The van der Waals surface area contributed by atoms with E-state index < -0.39 is 23.8 Å². The maximum absolute atomic E-state index is 13.4. The van der Waals surface area contributed by atoms with Crippen LogP contribution in [-0.2, 0) is 9.53 Å². The van der Waals surface area contributed by atoms with Gasteiger partial charge in [0, 0.05) is 16.6 Å². The number of hydrogen-bond acceptors (Lipinski definition) is 4. The van der Waals surface area contributed by atoms with E-state index in [-0.39, 0.29) is 5.76 Å². The number of halogens is 1. The summed E-state index contributed by atoms with van der Waals surface area (Å²) in [6.45, 7) is 6.90. The van der Waals surface area contributed by atoms with E-state index in [0.29, 0.717) is 22.2 Å². The Morgan fingerprint density at radius 3 is 2.44 bits per heavy atom. The van der Waals surface area contributed by atoms with Gasteiger partial charge in [0.25, 0.3) is 5.91 Å². The zero-order chi connectivity index (χ0) is 19.7. The Bertz CT molecular complexity index is 1020. The predicted octanol–water partition coefficient (Wildman–Crippen LogP) is 4.68. The average molecular weight is 369 g/mol. The molecule has 1 heterocycles. The highest BCUT2D eigenvalue weighted by atomic mass is 19.1. The van der Waals surface area contributed by atoms with Crippen molar-refractivity contribution in [2.45, 2.75) is 33.8 Å². The van der Waals surface area contributed by atoms with Crippen molar-refractivity contribution in [3.05, 3.63) is 64.7 Å². The number of amides is 1. The molecular formula is C21H20FNO4. The Morgan fingerprint density at radius 1 is 1.11 bits per heavy atom. The molecule has 0 radical (unpaired) electrons. The Labute approximate surface area is 156 Å². The van der Waals surface area contributed by atoms with Crippen LogP contribution in [0.1, 0.15) is 34.2 Å². The molecule has 140 valence electrons.